The van der Waals surface area contributed by atoms with Crippen molar-refractivity contribution in [2.24, 2.45) is 5.73 Å². The Morgan fingerprint density at radius 2 is 2.12 bits per heavy atom. The standard InChI is InChI=1S/C12H17ClFNS/c1-8(2)16-7-11(15)5-9-3-4-10(14)6-12(9)13/h3-4,6,8,11H,5,7,15H2,1-2H3. The van der Waals surface area contributed by atoms with Gasteiger partial charge in [0.2, 0.25) is 0 Å². The smallest absolute Gasteiger partial charge is 0.124 e. The van der Waals surface area contributed by atoms with Gasteiger partial charge >= 0.3 is 0 Å². The summed E-state index contributed by atoms with van der Waals surface area (Å²) in [5.41, 5.74) is 6.90. The zero-order valence-electron chi connectivity index (χ0n) is 9.54. The quantitative estimate of drug-likeness (QED) is 0.878. The van der Waals surface area contributed by atoms with Crippen molar-refractivity contribution in [1.29, 1.82) is 0 Å². The Morgan fingerprint density at radius 3 is 2.69 bits per heavy atom. The largest absolute Gasteiger partial charge is 0.327 e. The first-order chi connectivity index (χ1) is 7.49. The second kappa shape index (κ2) is 6.48. The molecule has 0 aliphatic heterocycles. The van der Waals surface area contributed by atoms with E-state index in [0.29, 0.717) is 16.7 Å². The molecule has 4 heteroatoms. The highest BCUT2D eigenvalue weighted by molar-refractivity contribution is 7.99. The molecule has 0 bridgehead atoms. The van der Waals surface area contributed by atoms with Gasteiger partial charge in [0.1, 0.15) is 5.82 Å². The summed E-state index contributed by atoms with van der Waals surface area (Å²) in [4.78, 5) is 0. The number of hydrogen-bond acceptors (Lipinski definition) is 2. The van der Waals surface area contributed by atoms with Gasteiger partial charge in [0.05, 0.1) is 0 Å². The molecule has 0 aliphatic rings. The van der Waals surface area contributed by atoms with Crippen LogP contribution in [0.5, 0.6) is 0 Å². The Hall–Kier alpha value is -0.250. The summed E-state index contributed by atoms with van der Waals surface area (Å²) >= 11 is 7.76. The Bertz CT molecular complexity index is 344. The van der Waals surface area contributed by atoms with Crippen LogP contribution in [0.1, 0.15) is 19.4 Å². The molecule has 1 aromatic rings. The number of benzene rings is 1. The molecule has 1 rings (SSSR count). The van der Waals surface area contributed by atoms with Gasteiger partial charge in [0.15, 0.2) is 0 Å². The second-order valence-corrected chi connectivity index (χ2v) is 6.10. The topological polar surface area (TPSA) is 26.0 Å². The van der Waals surface area contributed by atoms with Gasteiger partial charge in [-0.05, 0) is 29.4 Å². The molecule has 0 spiro atoms. The van der Waals surface area contributed by atoms with E-state index < -0.39 is 0 Å². The Balaban J connectivity index is 2.52. The van der Waals surface area contributed by atoms with Crippen LogP contribution < -0.4 is 5.73 Å². The average molecular weight is 262 g/mol. The lowest BCUT2D eigenvalue weighted by Gasteiger charge is -2.13. The fourth-order valence-electron chi connectivity index (χ4n) is 1.34. The molecule has 0 radical (unpaired) electrons. The number of hydrogen-bond donors (Lipinski definition) is 1. The van der Waals surface area contributed by atoms with E-state index >= 15 is 0 Å². The number of thioether (sulfide) groups is 1. The summed E-state index contributed by atoms with van der Waals surface area (Å²) in [6.07, 6.45) is 0.693. The van der Waals surface area contributed by atoms with E-state index in [2.05, 4.69) is 13.8 Å². The molecule has 1 atom stereocenters. The van der Waals surface area contributed by atoms with Crippen LogP contribution in [0.15, 0.2) is 18.2 Å². The van der Waals surface area contributed by atoms with Gasteiger partial charge in [-0.3, -0.25) is 0 Å². The maximum atomic E-state index is 12.8. The normalized spacial score (nSPS) is 13.1. The Morgan fingerprint density at radius 1 is 1.44 bits per heavy atom. The third-order valence-electron chi connectivity index (χ3n) is 2.14. The fourth-order valence-corrected chi connectivity index (χ4v) is 2.34. The van der Waals surface area contributed by atoms with Crippen molar-refractivity contribution < 1.29 is 4.39 Å². The van der Waals surface area contributed by atoms with Crippen LogP contribution in [0.2, 0.25) is 5.02 Å². The second-order valence-electron chi connectivity index (χ2n) is 4.08. The molecular weight excluding hydrogens is 245 g/mol. The minimum atomic E-state index is -0.307. The molecule has 0 heterocycles. The van der Waals surface area contributed by atoms with E-state index in [0.717, 1.165) is 11.3 Å². The molecule has 2 N–H and O–H groups in total. The minimum absolute atomic E-state index is 0.0651. The zero-order valence-corrected chi connectivity index (χ0v) is 11.1. The molecule has 90 valence electrons. The van der Waals surface area contributed by atoms with Gasteiger partial charge in [0.25, 0.3) is 0 Å². The maximum Gasteiger partial charge on any atom is 0.124 e. The molecule has 16 heavy (non-hydrogen) atoms. The van der Waals surface area contributed by atoms with Crippen LogP contribution in [-0.2, 0) is 6.42 Å². The number of halogens is 2. The molecule has 0 amide bonds. The summed E-state index contributed by atoms with van der Waals surface area (Å²) in [6.45, 7) is 4.28. The van der Waals surface area contributed by atoms with E-state index in [1.807, 2.05) is 11.8 Å². The predicted octanol–water partition coefficient (Wildman–Crippen LogP) is 3.49. The molecule has 0 aliphatic carbocycles. The number of nitrogens with two attached hydrogens (primary N) is 1. The summed E-state index contributed by atoms with van der Waals surface area (Å²) in [5.74, 6) is 0.588. The van der Waals surface area contributed by atoms with Gasteiger partial charge in [-0.2, -0.15) is 11.8 Å². The van der Waals surface area contributed by atoms with Gasteiger partial charge < -0.3 is 5.73 Å². The van der Waals surface area contributed by atoms with E-state index in [1.165, 1.54) is 12.1 Å². The minimum Gasteiger partial charge on any atom is -0.327 e. The Kier molecular flexibility index (Phi) is 5.59. The zero-order chi connectivity index (χ0) is 12.1. The molecule has 1 unspecified atom stereocenters. The molecule has 0 fully saturated rings. The van der Waals surface area contributed by atoms with Crippen LogP contribution in [-0.4, -0.2) is 17.0 Å². The van der Waals surface area contributed by atoms with Crippen molar-refractivity contribution in [2.45, 2.75) is 31.6 Å². The first kappa shape index (κ1) is 13.8. The van der Waals surface area contributed by atoms with Gasteiger partial charge in [0, 0.05) is 16.8 Å². The molecule has 0 saturated heterocycles. The molecule has 1 aromatic carbocycles. The summed E-state index contributed by atoms with van der Waals surface area (Å²) in [6, 6.07) is 4.52. The summed E-state index contributed by atoms with van der Waals surface area (Å²) in [5, 5.41) is 1.04. The highest BCUT2D eigenvalue weighted by Gasteiger charge is 2.09. The maximum absolute atomic E-state index is 12.8. The summed E-state index contributed by atoms with van der Waals surface area (Å²) in [7, 11) is 0. The van der Waals surface area contributed by atoms with Crippen LogP contribution in [0, 0.1) is 5.82 Å². The van der Waals surface area contributed by atoms with Crippen LogP contribution in [0.25, 0.3) is 0 Å². The third kappa shape index (κ3) is 4.73. The van der Waals surface area contributed by atoms with Gasteiger partial charge in [-0.1, -0.05) is 31.5 Å². The highest BCUT2D eigenvalue weighted by Crippen LogP contribution is 2.20. The molecule has 1 nitrogen and oxygen atoms in total. The van der Waals surface area contributed by atoms with Crippen molar-refractivity contribution >= 4 is 23.4 Å². The van der Waals surface area contributed by atoms with E-state index in [9.17, 15) is 4.39 Å². The Labute approximate surface area is 106 Å². The lowest BCUT2D eigenvalue weighted by atomic mass is 10.1. The predicted molar refractivity (Wildman–Crippen MR) is 70.7 cm³/mol. The van der Waals surface area contributed by atoms with E-state index in [1.54, 1.807) is 6.07 Å². The first-order valence-corrected chi connectivity index (χ1v) is 6.73. The lowest BCUT2D eigenvalue weighted by Crippen LogP contribution is -2.26. The van der Waals surface area contributed by atoms with Crippen molar-refractivity contribution in [3.63, 3.8) is 0 Å². The lowest BCUT2D eigenvalue weighted by molar-refractivity contribution is 0.626. The van der Waals surface area contributed by atoms with Crippen molar-refractivity contribution in [2.75, 3.05) is 5.75 Å². The van der Waals surface area contributed by atoms with Crippen molar-refractivity contribution in [3.05, 3.63) is 34.6 Å². The van der Waals surface area contributed by atoms with E-state index in [4.69, 9.17) is 17.3 Å². The molecule has 0 aromatic heterocycles. The molecule has 0 saturated carbocycles. The van der Waals surface area contributed by atoms with Crippen LogP contribution in [0.4, 0.5) is 4.39 Å². The SMILES string of the molecule is CC(C)SCC(N)Cc1ccc(F)cc1Cl. The van der Waals surface area contributed by atoms with Crippen molar-refractivity contribution in [1.82, 2.24) is 0 Å². The highest BCUT2D eigenvalue weighted by atomic mass is 35.5. The van der Waals surface area contributed by atoms with Crippen LogP contribution in [0.3, 0.4) is 0 Å². The third-order valence-corrected chi connectivity index (χ3v) is 3.78. The van der Waals surface area contributed by atoms with Gasteiger partial charge in [-0.15, -0.1) is 0 Å². The number of rotatable bonds is 5. The van der Waals surface area contributed by atoms with Crippen molar-refractivity contribution in [3.8, 4) is 0 Å². The van der Waals surface area contributed by atoms with E-state index in [-0.39, 0.29) is 11.9 Å². The van der Waals surface area contributed by atoms with Crippen LogP contribution >= 0.6 is 23.4 Å². The average Bonchev–Trinajstić information content (AvgIpc) is 2.19. The molecular formula is C12H17ClFNS. The fraction of sp³-hybridized carbons (Fsp3) is 0.500. The first-order valence-electron chi connectivity index (χ1n) is 5.30. The summed E-state index contributed by atoms with van der Waals surface area (Å²) < 4.78 is 12.8. The van der Waals surface area contributed by atoms with Gasteiger partial charge in [-0.25, -0.2) is 4.39 Å². The monoisotopic (exact) mass is 261 g/mol.